The van der Waals surface area contributed by atoms with Crippen molar-refractivity contribution in [2.24, 2.45) is 0 Å². The summed E-state index contributed by atoms with van der Waals surface area (Å²) < 4.78 is 5.47. The van der Waals surface area contributed by atoms with Gasteiger partial charge in [-0.05, 0) is 74.4 Å². The van der Waals surface area contributed by atoms with Crippen molar-refractivity contribution < 1.29 is 14.3 Å². The highest BCUT2D eigenvalue weighted by atomic mass is 16.6. The number of nitrogens with one attached hydrogen (secondary N) is 1. The molecule has 1 saturated heterocycles. The minimum Gasteiger partial charge on any atom is -0.444 e. The Morgan fingerprint density at radius 2 is 1.68 bits per heavy atom. The van der Waals surface area contributed by atoms with Crippen molar-refractivity contribution in [3.8, 4) is 0 Å². The fourth-order valence-electron chi connectivity index (χ4n) is 4.13. The lowest BCUT2D eigenvalue weighted by Gasteiger charge is -2.33. The number of hydrogen-bond acceptors (Lipinski definition) is 4. The highest BCUT2D eigenvalue weighted by molar-refractivity contribution is 5.89. The van der Waals surface area contributed by atoms with Crippen LogP contribution < -0.4 is 5.32 Å². The standard InChI is InChI=1S/C24H30N4O3/c1-24(2,3)31-23(30)27-12-9-18(10-13-27)17-4-6-21(7-5-17)26-22(29)28-15-19-8-11-25-14-20(19)16-28/h4-8,11,14,18H,9-10,12-13,15-16H2,1-3H3,(H,26,29). The molecule has 0 saturated carbocycles. The zero-order valence-corrected chi connectivity index (χ0v) is 18.4. The molecule has 2 aromatic rings. The maximum absolute atomic E-state index is 12.6. The molecule has 31 heavy (non-hydrogen) atoms. The van der Waals surface area contributed by atoms with Crippen LogP contribution in [-0.2, 0) is 17.8 Å². The van der Waals surface area contributed by atoms with Crippen molar-refractivity contribution >= 4 is 17.8 Å². The predicted octanol–water partition coefficient (Wildman–Crippen LogP) is 4.74. The molecule has 0 bridgehead atoms. The molecular formula is C24H30N4O3. The molecule has 0 spiro atoms. The first kappa shape index (κ1) is 21.2. The van der Waals surface area contributed by atoms with E-state index in [4.69, 9.17) is 4.74 Å². The third-order valence-electron chi connectivity index (χ3n) is 5.79. The van der Waals surface area contributed by atoms with Crippen molar-refractivity contribution in [2.45, 2.75) is 58.2 Å². The second-order valence-electron chi connectivity index (χ2n) is 9.29. The van der Waals surface area contributed by atoms with Crippen LogP contribution in [0, 0.1) is 0 Å². The van der Waals surface area contributed by atoms with E-state index < -0.39 is 5.60 Å². The van der Waals surface area contributed by atoms with Gasteiger partial charge in [-0.3, -0.25) is 4.98 Å². The van der Waals surface area contributed by atoms with Crippen LogP contribution in [0.15, 0.2) is 42.7 Å². The van der Waals surface area contributed by atoms with Crippen LogP contribution >= 0.6 is 0 Å². The zero-order chi connectivity index (χ0) is 22.0. The lowest BCUT2D eigenvalue weighted by atomic mass is 9.89. The smallest absolute Gasteiger partial charge is 0.410 e. The van der Waals surface area contributed by atoms with Crippen molar-refractivity contribution in [3.63, 3.8) is 0 Å². The topological polar surface area (TPSA) is 74.8 Å². The van der Waals surface area contributed by atoms with E-state index in [0.29, 0.717) is 32.1 Å². The molecule has 4 rings (SSSR count). The average molecular weight is 423 g/mol. The number of aromatic nitrogens is 1. The van der Waals surface area contributed by atoms with Gasteiger partial charge in [0.2, 0.25) is 0 Å². The van der Waals surface area contributed by atoms with Gasteiger partial charge in [0.15, 0.2) is 0 Å². The molecule has 1 fully saturated rings. The van der Waals surface area contributed by atoms with Gasteiger partial charge in [0, 0.05) is 44.3 Å². The fourth-order valence-corrected chi connectivity index (χ4v) is 4.13. The molecule has 0 aliphatic carbocycles. The number of benzene rings is 1. The summed E-state index contributed by atoms with van der Waals surface area (Å²) in [5, 5.41) is 2.99. The van der Waals surface area contributed by atoms with Crippen LogP contribution in [0.1, 0.15) is 56.2 Å². The molecule has 1 N–H and O–H groups in total. The number of amides is 3. The molecule has 3 heterocycles. The minimum absolute atomic E-state index is 0.102. The molecule has 2 aliphatic rings. The summed E-state index contributed by atoms with van der Waals surface area (Å²) in [6.07, 6.45) is 5.17. The summed E-state index contributed by atoms with van der Waals surface area (Å²) in [6.45, 7) is 8.25. The summed E-state index contributed by atoms with van der Waals surface area (Å²) in [7, 11) is 0. The third kappa shape index (κ3) is 5.16. The van der Waals surface area contributed by atoms with E-state index in [1.165, 1.54) is 5.56 Å². The number of hydrogen-bond donors (Lipinski definition) is 1. The Balaban J connectivity index is 1.28. The van der Waals surface area contributed by atoms with E-state index >= 15 is 0 Å². The second kappa shape index (κ2) is 8.57. The Morgan fingerprint density at radius 1 is 1.00 bits per heavy atom. The number of piperidine rings is 1. The molecule has 0 radical (unpaired) electrons. The number of pyridine rings is 1. The predicted molar refractivity (Wildman–Crippen MR) is 119 cm³/mol. The van der Waals surface area contributed by atoms with Crippen LogP contribution in [0.2, 0.25) is 0 Å². The lowest BCUT2D eigenvalue weighted by Crippen LogP contribution is -2.41. The molecule has 7 nitrogen and oxygen atoms in total. The Hall–Kier alpha value is -3.09. The number of urea groups is 1. The van der Waals surface area contributed by atoms with Gasteiger partial charge in [0.05, 0.1) is 0 Å². The van der Waals surface area contributed by atoms with E-state index in [1.807, 2.05) is 45.2 Å². The number of fused-ring (bicyclic) bond motifs is 1. The molecule has 3 amide bonds. The lowest BCUT2D eigenvalue weighted by molar-refractivity contribution is 0.0205. The minimum atomic E-state index is -0.469. The van der Waals surface area contributed by atoms with Gasteiger partial charge >= 0.3 is 12.1 Å². The highest BCUT2D eigenvalue weighted by Crippen LogP contribution is 2.30. The number of ether oxygens (including phenoxy) is 1. The van der Waals surface area contributed by atoms with Crippen molar-refractivity contribution in [1.82, 2.24) is 14.8 Å². The summed E-state index contributed by atoms with van der Waals surface area (Å²) in [5.41, 5.74) is 3.81. The molecule has 1 aromatic heterocycles. The van der Waals surface area contributed by atoms with Gasteiger partial charge in [-0.25, -0.2) is 9.59 Å². The largest absolute Gasteiger partial charge is 0.444 e. The zero-order valence-electron chi connectivity index (χ0n) is 18.4. The molecule has 164 valence electrons. The number of carbonyl (C=O) groups is 2. The third-order valence-corrected chi connectivity index (χ3v) is 5.79. The monoisotopic (exact) mass is 422 g/mol. The van der Waals surface area contributed by atoms with Crippen molar-refractivity contribution in [2.75, 3.05) is 18.4 Å². The van der Waals surface area contributed by atoms with Crippen LogP contribution in [0.5, 0.6) is 0 Å². The number of rotatable bonds is 2. The molecule has 0 atom stereocenters. The highest BCUT2D eigenvalue weighted by Gasteiger charge is 2.28. The molecule has 2 aliphatic heterocycles. The first-order valence-corrected chi connectivity index (χ1v) is 10.8. The molecule has 1 aromatic carbocycles. The molecule has 0 unspecified atom stereocenters. The number of likely N-dealkylation sites (tertiary alicyclic amines) is 1. The summed E-state index contributed by atoms with van der Waals surface area (Å²) in [5.74, 6) is 0.406. The van der Waals surface area contributed by atoms with E-state index in [1.54, 1.807) is 16.0 Å². The Kier molecular flexibility index (Phi) is 5.85. The Labute approximate surface area is 183 Å². The van der Waals surface area contributed by atoms with Crippen LogP contribution in [0.3, 0.4) is 0 Å². The second-order valence-corrected chi connectivity index (χ2v) is 9.29. The van der Waals surface area contributed by atoms with Gasteiger partial charge in [0.25, 0.3) is 0 Å². The Morgan fingerprint density at radius 3 is 2.32 bits per heavy atom. The van der Waals surface area contributed by atoms with Gasteiger partial charge in [0.1, 0.15) is 5.60 Å². The number of carbonyl (C=O) groups excluding carboxylic acids is 2. The van der Waals surface area contributed by atoms with E-state index in [0.717, 1.165) is 29.7 Å². The fraction of sp³-hybridized carbons (Fsp3) is 0.458. The van der Waals surface area contributed by atoms with E-state index in [9.17, 15) is 9.59 Å². The van der Waals surface area contributed by atoms with Gasteiger partial charge in [-0.1, -0.05) is 12.1 Å². The summed E-state index contributed by atoms with van der Waals surface area (Å²) in [6, 6.07) is 9.93. The van der Waals surface area contributed by atoms with Crippen LogP contribution in [0.4, 0.5) is 15.3 Å². The van der Waals surface area contributed by atoms with E-state index in [-0.39, 0.29) is 12.1 Å². The number of anilines is 1. The van der Waals surface area contributed by atoms with Gasteiger partial charge in [-0.2, -0.15) is 0 Å². The molecule has 7 heteroatoms. The summed E-state index contributed by atoms with van der Waals surface area (Å²) >= 11 is 0. The summed E-state index contributed by atoms with van der Waals surface area (Å²) in [4.78, 5) is 32.6. The van der Waals surface area contributed by atoms with Crippen LogP contribution in [-0.4, -0.2) is 45.6 Å². The average Bonchev–Trinajstić information content (AvgIpc) is 3.18. The maximum atomic E-state index is 12.6. The normalized spacial score (nSPS) is 16.7. The maximum Gasteiger partial charge on any atom is 0.410 e. The quantitative estimate of drug-likeness (QED) is 0.758. The Bertz CT molecular complexity index is 919. The van der Waals surface area contributed by atoms with Gasteiger partial charge < -0.3 is 19.9 Å². The number of nitrogens with zero attached hydrogens (tertiary/aromatic N) is 3. The van der Waals surface area contributed by atoms with Crippen LogP contribution in [0.25, 0.3) is 0 Å². The van der Waals surface area contributed by atoms with Crippen molar-refractivity contribution in [3.05, 3.63) is 59.4 Å². The van der Waals surface area contributed by atoms with E-state index in [2.05, 4.69) is 22.4 Å². The first-order chi connectivity index (χ1) is 14.8. The first-order valence-electron chi connectivity index (χ1n) is 10.8. The molecular weight excluding hydrogens is 392 g/mol. The van der Waals surface area contributed by atoms with Gasteiger partial charge in [-0.15, -0.1) is 0 Å². The van der Waals surface area contributed by atoms with Crippen molar-refractivity contribution in [1.29, 1.82) is 0 Å². The SMILES string of the molecule is CC(C)(C)OC(=O)N1CCC(c2ccc(NC(=O)N3Cc4ccncc4C3)cc2)CC1.